The Bertz CT molecular complexity index is 507. The van der Waals surface area contributed by atoms with Gasteiger partial charge in [0, 0.05) is 13.2 Å². The normalized spacial score (nSPS) is 12.8. The number of aliphatic hydroxyl groups excluding tert-OH is 1. The van der Waals surface area contributed by atoms with E-state index in [1.54, 1.807) is 37.0 Å². The Balaban J connectivity index is 2.37. The molecular formula is C12H13FN2O. The maximum atomic E-state index is 12.9. The molecule has 1 N–H and O–H groups in total. The molecule has 0 radical (unpaired) electrons. The number of aryl methyl sites for hydroxylation is 2. The van der Waals surface area contributed by atoms with Gasteiger partial charge < -0.3 is 5.11 Å². The summed E-state index contributed by atoms with van der Waals surface area (Å²) in [6, 6.07) is 6.08. The number of aromatic nitrogens is 2. The standard InChI is InChI=1S/C12H13FN2O/c1-8-7-9(13)3-4-10(8)12(16)11-5-6-15(2)14-11/h3-7,12,16H,1-2H3. The van der Waals surface area contributed by atoms with Gasteiger partial charge in [0.15, 0.2) is 0 Å². The molecule has 0 saturated heterocycles. The average Bonchev–Trinajstić information content (AvgIpc) is 2.64. The molecule has 0 aliphatic rings. The Labute approximate surface area is 93.2 Å². The van der Waals surface area contributed by atoms with Crippen LogP contribution in [-0.4, -0.2) is 14.9 Å². The molecule has 0 spiro atoms. The summed E-state index contributed by atoms with van der Waals surface area (Å²) in [6.07, 6.45) is 0.957. The predicted molar refractivity (Wildman–Crippen MR) is 58.4 cm³/mol. The molecule has 1 unspecified atom stereocenters. The van der Waals surface area contributed by atoms with Gasteiger partial charge in [0.2, 0.25) is 0 Å². The van der Waals surface area contributed by atoms with Crippen molar-refractivity contribution in [3.8, 4) is 0 Å². The molecule has 2 rings (SSSR count). The molecular weight excluding hydrogens is 207 g/mol. The molecule has 0 aliphatic carbocycles. The van der Waals surface area contributed by atoms with E-state index >= 15 is 0 Å². The number of hydrogen-bond acceptors (Lipinski definition) is 2. The topological polar surface area (TPSA) is 38.0 Å². The number of benzene rings is 1. The van der Waals surface area contributed by atoms with Crippen molar-refractivity contribution in [1.82, 2.24) is 9.78 Å². The summed E-state index contributed by atoms with van der Waals surface area (Å²) in [4.78, 5) is 0. The lowest BCUT2D eigenvalue weighted by molar-refractivity contribution is 0.213. The van der Waals surface area contributed by atoms with Crippen LogP contribution in [0.2, 0.25) is 0 Å². The highest BCUT2D eigenvalue weighted by Gasteiger charge is 2.15. The van der Waals surface area contributed by atoms with Crippen molar-refractivity contribution in [2.45, 2.75) is 13.0 Å². The minimum atomic E-state index is -0.804. The largest absolute Gasteiger partial charge is 0.382 e. The molecule has 0 fully saturated rings. The van der Waals surface area contributed by atoms with Crippen LogP contribution in [0.1, 0.15) is 22.9 Å². The summed E-state index contributed by atoms with van der Waals surface area (Å²) in [6.45, 7) is 1.77. The van der Waals surface area contributed by atoms with Crippen LogP contribution in [0, 0.1) is 12.7 Å². The van der Waals surface area contributed by atoms with Crippen molar-refractivity contribution in [1.29, 1.82) is 0 Å². The Hall–Kier alpha value is -1.68. The third kappa shape index (κ3) is 1.97. The fourth-order valence-electron chi connectivity index (χ4n) is 1.68. The van der Waals surface area contributed by atoms with Crippen molar-refractivity contribution in [3.63, 3.8) is 0 Å². The third-order valence-electron chi connectivity index (χ3n) is 2.54. The minimum absolute atomic E-state index is 0.297. The SMILES string of the molecule is Cc1cc(F)ccc1C(O)c1ccn(C)n1. The quantitative estimate of drug-likeness (QED) is 0.840. The zero-order chi connectivity index (χ0) is 11.7. The lowest BCUT2D eigenvalue weighted by Gasteiger charge is -2.11. The lowest BCUT2D eigenvalue weighted by atomic mass is 10.0. The first kappa shape index (κ1) is 10.8. The van der Waals surface area contributed by atoms with Crippen molar-refractivity contribution < 1.29 is 9.50 Å². The van der Waals surface area contributed by atoms with E-state index < -0.39 is 6.10 Å². The molecule has 1 heterocycles. The number of rotatable bonds is 2. The van der Waals surface area contributed by atoms with E-state index in [9.17, 15) is 9.50 Å². The van der Waals surface area contributed by atoms with Crippen LogP contribution in [0.15, 0.2) is 30.5 Å². The molecule has 16 heavy (non-hydrogen) atoms. The van der Waals surface area contributed by atoms with E-state index in [2.05, 4.69) is 5.10 Å². The van der Waals surface area contributed by atoms with E-state index in [-0.39, 0.29) is 5.82 Å². The third-order valence-corrected chi connectivity index (χ3v) is 2.54. The Kier molecular flexibility index (Phi) is 2.75. The van der Waals surface area contributed by atoms with E-state index in [0.717, 1.165) is 5.56 Å². The van der Waals surface area contributed by atoms with Gasteiger partial charge in [0.05, 0.1) is 5.69 Å². The summed E-state index contributed by atoms with van der Waals surface area (Å²) in [7, 11) is 1.79. The summed E-state index contributed by atoms with van der Waals surface area (Å²) in [5, 5.41) is 14.2. The van der Waals surface area contributed by atoms with Crippen LogP contribution in [0.4, 0.5) is 4.39 Å². The van der Waals surface area contributed by atoms with Crippen molar-refractivity contribution in [2.75, 3.05) is 0 Å². The molecule has 0 aliphatic heterocycles. The van der Waals surface area contributed by atoms with Crippen LogP contribution in [0.3, 0.4) is 0 Å². The minimum Gasteiger partial charge on any atom is -0.382 e. The van der Waals surface area contributed by atoms with Gasteiger partial charge in [0.1, 0.15) is 11.9 Å². The maximum Gasteiger partial charge on any atom is 0.123 e. The van der Waals surface area contributed by atoms with Crippen molar-refractivity contribution in [3.05, 3.63) is 53.1 Å². The lowest BCUT2D eigenvalue weighted by Crippen LogP contribution is -2.04. The smallest absolute Gasteiger partial charge is 0.123 e. The highest BCUT2D eigenvalue weighted by molar-refractivity contribution is 5.32. The highest BCUT2D eigenvalue weighted by Crippen LogP contribution is 2.23. The van der Waals surface area contributed by atoms with Crippen LogP contribution >= 0.6 is 0 Å². The van der Waals surface area contributed by atoms with Crippen molar-refractivity contribution in [2.24, 2.45) is 7.05 Å². The fourth-order valence-corrected chi connectivity index (χ4v) is 1.68. The second-order valence-corrected chi connectivity index (χ2v) is 3.82. The predicted octanol–water partition coefficient (Wildman–Crippen LogP) is 1.95. The molecule has 84 valence electrons. The van der Waals surface area contributed by atoms with Gasteiger partial charge in [-0.15, -0.1) is 0 Å². The van der Waals surface area contributed by atoms with Crippen LogP contribution < -0.4 is 0 Å². The summed E-state index contributed by atoms with van der Waals surface area (Å²) >= 11 is 0. The van der Waals surface area contributed by atoms with Gasteiger partial charge >= 0.3 is 0 Å². The molecule has 1 aromatic heterocycles. The molecule has 3 nitrogen and oxygen atoms in total. The zero-order valence-corrected chi connectivity index (χ0v) is 9.18. The van der Waals surface area contributed by atoms with Crippen molar-refractivity contribution >= 4 is 0 Å². The second-order valence-electron chi connectivity index (χ2n) is 3.82. The maximum absolute atomic E-state index is 12.9. The van der Waals surface area contributed by atoms with E-state index in [0.29, 0.717) is 11.3 Å². The Morgan fingerprint density at radius 3 is 2.69 bits per heavy atom. The average molecular weight is 220 g/mol. The molecule has 0 amide bonds. The molecule has 2 aromatic rings. The molecule has 1 aromatic carbocycles. The zero-order valence-electron chi connectivity index (χ0n) is 9.18. The summed E-state index contributed by atoms with van der Waals surface area (Å²) in [5.74, 6) is -0.297. The molecule has 0 saturated carbocycles. The highest BCUT2D eigenvalue weighted by atomic mass is 19.1. The van der Waals surface area contributed by atoms with Gasteiger partial charge in [0.25, 0.3) is 0 Å². The molecule has 4 heteroatoms. The first-order valence-corrected chi connectivity index (χ1v) is 5.01. The molecule has 1 atom stereocenters. The monoisotopic (exact) mass is 220 g/mol. The van der Waals surface area contributed by atoms with Crippen LogP contribution in [-0.2, 0) is 7.05 Å². The fraction of sp³-hybridized carbons (Fsp3) is 0.250. The van der Waals surface area contributed by atoms with E-state index in [1.807, 2.05) is 0 Å². The van der Waals surface area contributed by atoms with Gasteiger partial charge in [-0.05, 0) is 36.2 Å². The van der Waals surface area contributed by atoms with Gasteiger partial charge in [-0.1, -0.05) is 6.07 Å². The number of nitrogens with zero attached hydrogens (tertiary/aromatic N) is 2. The number of aliphatic hydroxyl groups is 1. The summed E-state index contributed by atoms with van der Waals surface area (Å²) in [5.41, 5.74) is 1.97. The van der Waals surface area contributed by atoms with E-state index in [1.165, 1.54) is 12.1 Å². The Morgan fingerprint density at radius 2 is 2.12 bits per heavy atom. The van der Waals surface area contributed by atoms with Crippen LogP contribution in [0.5, 0.6) is 0 Å². The first-order valence-electron chi connectivity index (χ1n) is 5.01. The van der Waals surface area contributed by atoms with E-state index in [4.69, 9.17) is 0 Å². The second kappa shape index (κ2) is 4.06. The summed E-state index contributed by atoms with van der Waals surface area (Å²) < 4.78 is 14.5. The van der Waals surface area contributed by atoms with Gasteiger partial charge in [-0.2, -0.15) is 5.10 Å². The van der Waals surface area contributed by atoms with Gasteiger partial charge in [-0.3, -0.25) is 4.68 Å². The van der Waals surface area contributed by atoms with Gasteiger partial charge in [-0.25, -0.2) is 4.39 Å². The molecule has 0 bridgehead atoms. The Morgan fingerprint density at radius 1 is 1.38 bits per heavy atom. The first-order chi connectivity index (χ1) is 7.58. The number of hydrogen-bond donors (Lipinski definition) is 1. The van der Waals surface area contributed by atoms with Crippen LogP contribution in [0.25, 0.3) is 0 Å². The number of halogens is 1.